The number of hydrogen-bond donors (Lipinski definition) is 0. The molecule has 0 bridgehead atoms. The molecule has 56 heavy (non-hydrogen) atoms. The molecule has 0 aromatic heterocycles. The van der Waals surface area contributed by atoms with E-state index in [4.69, 9.17) is 14.2 Å². The summed E-state index contributed by atoms with van der Waals surface area (Å²) in [6.07, 6.45) is 54.8. The molecule has 0 aliphatic heterocycles. The molecule has 0 rings (SSSR count). The molecule has 0 saturated heterocycles. The molecule has 6 nitrogen and oxygen atoms in total. The molecular weight excluding hydrogens is 697 g/mol. The Balaban J connectivity index is 4.40. The van der Waals surface area contributed by atoms with Crippen molar-refractivity contribution in [2.24, 2.45) is 0 Å². The number of hydrogen-bond acceptors (Lipinski definition) is 6. The molecule has 320 valence electrons. The van der Waals surface area contributed by atoms with Gasteiger partial charge in [0.2, 0.25) is 0 Å². The number of unbranched alkanes of at least 4 members (excludes halogenated alkanes) is 17. The van der Waals surface area contributed by atoms with Gasteiger partial charge in [-0.3, -0.25) is 14.4 Å². The third-order valence-corrected chi connectivity index (χ3v) is 9.43. The molecular formula is C50H84O6. The number of ether oxygens (including phenoxy) is 3. The van der Waals surface area contributed by atoms with Crippen LogP contribution in [0, 0.1) is 0 Å². The van der Waals surface area contributed by atoms with E-state index >= 15 is 0 Å². The first-order chi connectivity index (χ1) is 27.5. The molecule has 0 saturated carbocycles. The van der Waals surface area contributed by atoms with Gasteiger partial charge in [0.1, 0.15) is 13.2 Å². The fraction of sp³-hybridized carbons (Fsp3) is 0.700. The fourth-order valence-corrected chi connectivity index (χ4v) is 6.02. The van der Waals surface area contributed by atoms with Gasteiger partial charge in [0.25, 0.3) is 0 Å². The number of carbonyl (C=O) groups is 3. The second kappa shape index (κ2) is 44.6. The predicted octanol–water partition coefficient (Wildman–Crippen LogP) is 14.7. The number of esters is 3. The highest BCUT2D eigenvalue weighted by Gasteiger charge is 2.19. The first kappa shape index (κ1) is 52.9. The lowest BCUT2D eigenvalue weighted by Gasteiger charge is -2.18. The van der Waals surface area contributed by atoms with Gasteiger partial charge in [-0.05, 0) is 103 Å². The van der Waals surface area contributed by atoms with Crippen LogP contribution in [0.25, 0.3) is 0 Å². The average Bonchev–Trinajstić information content (AvgIpc) is 3.19. The van der Waals surface area contributed by atoms with Gasteiger partial charge in [0.15, 0.2) is 6.10 Å². The van der Waals surface area contributed by atoms with Gasteiger partial charge in [-0.25, -0.2) is 0 Å². The van der Waals surface area contributed by atoms with E-state index in [0.29, 0.717) is 19.3 Å². The molecule has 0 aliphatic carbocycles. The predicted molar refractivity (Wildman–Crippen MR) is 238 cm³/mol. The molecule has 0 fully saturated rings. The van der Waals surface area contributed by atoms with Crippen LogP contribution in [0.5, 0.6) is 0 Å². The summed E-state index contributed by atoms with van der Waals surface area (Å²) in [5.41, 5.74) is 0. The van der Waals surface area contributed by atoms with Crippen molar-refractivity contribution in [1.82, 2.24) is 0 Å². The second-order valence-electron chi connectivity index (χ2n) is 14.9. The van der Waals surface area contributed by atoms with Gasteiger partial charge in [0, 0.05) is 19.3 Å². The van der Waals surface area contributed by atoms with Gasteiger partial charge in [-0.1, -0.05) is 158 Å². The maximum absolute atomic E-state index is 12.7. The SMILES string of the molecule is CC/C=C\C/C=C\C/C=C\CCCCC(=O)OC(COC(=O)CCCC/C=C\C/C=C\CC)COC(=O)CCCCCCCCC/C=C\CCCCCCCC. The molecule has 0 aliphatic rings. The third kappa shape index (κ3) is 42.0. The molecule has 0 aromatic rings. The Morgan fingerprint density at radius 3 is 1.14 bits per heavy atom. The van der Waals surface area contributed by atoms with Gasteiger partial charge in [-0.2, -0.15) is 0 Å². The summed E-state index contributed by atoms with van der Waals surface area (Å²) in [4.78, 5) is 37.7. The summed E-state index contributed by atoms with van der Waals surface area (Å²) in [5, 5.41) is 0. The van der Waals surface area contributed by atoms with Gasteiger partial charge >= 0.3 is 17.9 Å². The van der Waals surface area contributed by atoms with E-state index in [2.05, 4.69) is 93.7 Å². The van der Waals surface area contributed by atoms with Crippen LogP contribution < -0.4 is 0 Å². The van der Waals surface area contributed by atoms with E-state index in [1.807, 2.05) is 0 Å². The summed E-state index contributed by atoms with van der Waals surface area (Å²) < 4.78 is 16.6. The van der Waals surface area contributed by atoms with Crippen molar-refractivity contribution in [1.29, 1.82) is 0 Å². The van der Waals surface area contributed by atoms with Crippen LogP contribution >= 0.6 is 0 Å². The van der Waals surface area contributed by atoms with Crippen molar-refractivity contribution < 1.29 is 28.6 Å². The van der Waals surface area contributed by atoms with Gasteiger partial charge in [-0.15, -0.1) is 0 Å². The quantitative estimate of drug-likeness (QED) is 0.0267. The average molecular weight is 781 g/mol. The lowest BCUT2D eigenvalue weighted by atomic mass is 10.1. The first-order valence-electron chi connectivity index (χ1n) is 22.9. The highest BCUT2D eigenvalue weighted by molar-refractivity contribution is 5.71. The molecule has 0 spiro atoms. The van der Waals surface area contributed by atoms with Crippen molar-refractivity contribution in [3.05, 3.63) is 72.9 Å². The molecule has 0 N–H and O–H groups in total. The standard InChI is InChI=1S/C50H84O6/c1-4-7-10-13-16-19-21-23-24-25-26-27-29-31-34-37-40-43-49(52)55-46-47(45-54-48(51)42-39-36-33-30-18-15-12-9-6-3)56-50(53)44-41-38-35-32-28-22-20-17-14-11-8-5-2/h8-9,11-12,17-18,20,23-24,28,30,32,47H,4-7,10,13-16,19,21-22,25-27,29,31,33-46H2,1-3H3/b11-8-,12-9-,20-17-,24-23-,30-18-,32-28-. The van der Waals surface area contributed by atoms with E-state index in [0.717, 1.165) is 83.5 Å². The summed E-state index contributed by atoms with van der Waals surface area (Å²) in [6.45, 7) is 6.30. The monoisotopic (exact) mass is 781 g/mol. The number of allylic oxidation sites excluding steroid dienone is 12. The normalized spacial score (nSPS) is 12.7. The summed E-state index contributed by atoms with van der Waals surface area (Å²) >= 11 is 0. The number of carbonyl (C=O) groups excluding carboxylic acids is 3. The summed E-state index contributed by atoms with van der Waals surface area (Å²) in [6, 6.07) is 0. The van der Waals surface area contributed by atoms with Crippen molar-refractivity contribution >= 4 is 17.9 Å². The number of rotatable bonds is 40. The Morgan fingerprint density at radius 2 is 0.696 bits per heavy atom. The van der Waals surface area contributed by atoms with E-state index in [-0.39, 0.29) is 37.5 Å². The van der Waals surface area contributed by atoms with Crippen molar-refractivity contribution in [3.63, 3.8) is 0 Å². The van der Waals surface area contributed by atoms with Crippen LogP contribution in [-0.4, -0.2) is 37.2 Å². The second-order valence-corrected chi connectivity index (χ2v) is 14.9. The summed E-state index contributed by atoms with van der Waals surface area (Å²) in [5.74, 6) is -0.993. The molecule has 0 radical (unpaired) electrons. The Kier molecular flexibility index (Phi) is 42.1. The van der Waals surface area contributed by atoms with Crippen molar-refractivity contribution in [3.8, 4) is 0 Å². The zero-order valence-electron chi connectivity index (χ0n) is 36.4. The molecule has 0 amide bonds. The van der Waals surface area contributed by atoms with Gasteiger partial charge in [0.05, 0.1) is 0 Å². The van der Waals surface area contributed by atoms with Crippen LogP contribution in [0.1, 0.15) is 207 Å². The van der Waals surface area contributed by atoms with Crippen LogP contribution in [0.2, 0.25) is 0 Å². The Bertz CT molecular complexity index is 1080. The van der Waals surface area contributed by atoms with Crippen LogP contribution in [-0.2, 0) is 28.6 Å². The summed E-state index contributed by atoms with van der Waals surface area (Å²) in [7, 11) is 0. The topological polar surface area (TPSA) is 78.9 Å². The zero-order chi connectivity index (χ0) is 40.8. The highest BCUT2D eigenvalue weighted by Crippen LogP contribution is 2.13. The van der Waals surface area contributed by atoms with E-state index in [1.54, 1.807) is 0 Å². The minimum absolute atomic E-state index is 0.104. The van der Waals surface area contributed by atoms with E-state index < -0.39 is 6.10 Å². The van der Waals surface area contributed by atoms with Gasteiger partial charge < -0.3 is 14.2 Å². The van der Waals surface area contributed by atoms with E-state index in [9.17, 15) is 14.4 Å². The Hall–Kier alpha value is -3.15. The molecule has 1 atom stereocenters. The first-order valence-corrected chi connectivity index (χ1v) is 22.9. The maximum Gasteiger partial charge on any atom is 0.306 e. The van der Waals surface area contributed by atoms with Crippen molar-refractivity contribution in [2.45, 2.75) is 213 Å². The fourth-order valence-electron chi connectivity index (χ4n) is 6.02. The lowest BCUT2D eigenvalue weighted by molar-refractivity contribution is -0.167. The Morgan fingerprint density at radius 1 is 0.375 bits per heavy atom. The zero-order valence-corrected chi connectivity index (χ0v) is 36.4. The van der Waals surface area contributed by atoms with Crippen LogP contribution in [0.3, 0.4) is 0 Å². The van der Waals surface area contributed by atoms with Crippen LogP contribution in [0.15, 0.2) is 72.9 Å². The van der Waals surface area contributed by atoms with Crippen molar-refractivity contribution in [2.75, 3.05) is 13.2 Å². The van der Waals surface area contributed by atoms with E-state index in [1.165, 1.54) is 77.0 Å². The Labute approximate surface area is 344 Å². The largest absolute Gasteiger partial charge is 0.462 e. The lowest BCUT2D eigenvalue weighted by Crippen LogP contribution is -2.30. The molecule has 0 heterocycles. The maximum atomic E-state index is 12.7. The molecule has 0 aromatic carbocycles. The molecule has 1 unspecified atom stereocenters. The molecule has 6 heteroatoms. The smallest absolute Gasteiger partial charge is 0.306 e. The highest BCUT2D eigenvalue weighted by atomic mass is 16.6. The van der Waals surface area contributed by atoms with Crippen LogP contribution in [0.4, 0.5) is 0 Å². The minimum Gasteiger partial charge on any atom is -0.462 e. The third-order valence-electron chi connectivity index (χ3n) is 9.43. The minimum atomic E-state index is -0.807.